The standard InChI is InChI=1S/C14H20O3/c1-5-17-13-9-10(2)12(8-11(13)3)6-7-14(15)16-4/h8-9H,5-7H2,1-4H3. The highest BCUT2D eigenvalue weighted by Gasteiger charge is 2.07. The Morgan fingerprint density at radius 2 is 1.94 bits per heavy atom. The Balaban J connectivity index is 2.80. The molecule has 94 valence electrons. The third kappa shape index (κ3) is 3.77. The molecule has 3 nitrogen and oxygen atoms in total. The lowest BCUT2D eigenvalue weighted by Gasteiger charge is -2.12. The van der Waals surface area contributed by atoms with Crippen LogP contribution in [0.15, 0.2) is 12.1 Å². The number of carbonyl (C=O) groups excluding carboxylic acids is 1. The normalized spacial score (nSPS) is 10.1. The van der Waals surface area contributed by atoms with Crippen LogP contribution in [-0.4, -0.2) is 19.7 Å². The number of methoxy groups -OCH3 is 1. The minimum atomic E-state index is -0.170. The van der Waals surface area contributed by atoms with Crippen LogP contribution in [-0.2, 0) is 16.0 Å². The SMILES string of the molecule is CCOc1cc(C)c(CCC(=O)OC)cc1C. The number of rotatable bonds is 5. The lowest BCUT2D eigenvalue weighted by atomic mass is 10.0. The van der Waals surface area contributed by atoms with Gasteiger partial charge in [-0.1, -0.05) is 6.07 Å². The Morgan fingerprint density at radius 3 is 2.53 bits per heavy atom. The molecule has 0 atom stereocenters. The zero-order valence-corrected chi connectivity index (χ0v) is 11.0. The third-order valence-electron chi connectivity index (χ3n) is 2.76. The van der Waals surface area contributed by atoms with Crippen LogP contribution >= 0.6 is 0 Å². The Hall–Kier alpha value is -1.51. The third-order valence-corrected chi connectivity index (χ3v) is 2.76. The van der Waals surface area contributed by atoms with E-state index in [1.54, 1.807) is 0 Å². The largest absolute Gasteiger partial charge is 0.494 e. The second kappa shape index (κ2) is 6.28. The minimum Gasteiger partial charge on any atom is -0.494 e. The molecule has 0 bridgehead atoms. The molecule has 0 aliphatic rings. The van der Waals surface area contributed by atoms with E-state index in [0.717, 1.165) is 16.9 Å². The first-order chi connectivity index (χ1) is 8.08. The summed E-state index contributed by atoms with van der Waals surface area (Å²) in [6, 6.07) is 4.12. The summed E-state index contributed by atoms with van der Waals surface area (Å²) in [5.41, 5.74) is 3.44. The van der Waals surface area contributed by atoms with E-state index in [1.807, 2.05) is 26.8 Å². The van der Waals surface area contributed by atoms with Gasteiger partial charge in [-0.05, 0) is 49.9 Å². The van der Waals surface area contributed by atoms with Crippen molar-refractivity contribution in [3.63, 3.8) is 0 Å². The monoisotopic (exact) mass is 236 g/mol. The molecule has 0 fully saturated rings. The summed E-state index contributed by atoms with van der Waals surface area (Å²) in [4.78, 5) is 11.1. The molecule has 3 heteroatoms. The van der Waals surface area contributed by atoms with E-state index in [-0.39, 0.29) is 5.97 Å². The molecule has 0 heterocycles. The molecule has 0 radical (unpaired) electrons. The number of hydrogen-bond donors (Lipinski definition) is 0. The van der Waals surface area contributed by atoms with Crippen molar-refractivity contribution in [2.75, 3.05) is 13.7 Å². The summed E-state index contributed by atoms with van der Waals surface area (Å²) in [5.74, 6) is 0.753. The van der Waals surface area contributed by atoms with Gasteiger partial charge in [-0.15, -0.1) is 0 Å². The van der Waals surface area contributed by atoms with Crippen LogP contribution < -0.4 is 4.74 Å². The van der Waals surface area contributed by atoms with Crippen molar-refractivity contribution in [2.45, 2.75) is 33.6 Å². The van der Waals surface area contributed by atoms with Crippen LogP contribution in [0.4, 0.5) is 0 Å². The molecule has 0 amide bonds. The van der Waals surface area contributed by atoms with E-state index >= 15 is 0 Å². The maximum Gasteiger partial charge on any atom is 0.305 e. The van der Waals surface area contributed by atoms with Crippen molar-refractivity contribution in [3.8, 4) is 5.75 Å². The van der Waals surface area contributed by atoms with Crippen molar-refractivity contribution < 1.29 is 14.3 Å². The fourth-order valence-corrected chi connectivity index (χ4v) is 1.77. The smallest absolute Gasteiger partial charge is 0.305 e. The van der Waals surface area contributed by atoms with Gasteiger partial charge in [0.05, 0.1) is 13.7 Å². The molecule has 0 aliphatic carbocycles. The minimum absolute atomic E-state index is 0.170. The predicted molar refractivity (Wildman–Crippen MR) is 67.4 cm³/mol. The van der Waals surface area contributed by atoms with Gasteiger partial charge >= 0.3 is 5.97 Å². The van der Waals surface area contributed by atoms with Gasteiger partial charge in [-0.2, -0.15) is 0 Å². The van der Waals surface area contributed by atoms with Crippen LogP contribution in [0.3, 0.4) is 0 Å². The van der Waals surface area contributed by atoms with Crippen LogP contribution in [0.1, 0.15) is 30.0 Å². The molecule has 0 saturated carbocycles. The lowest BCUT2D eigenvalue weighted by Crippen LogP contribution is -2.04. The molecule has 0 N–H and O–H groups in total. The topological polar surface area (TPSA) is 35.5 Å². The summed E-state index contributed by atoms with van der Waals surface area (Å²) in [5, 5.41) is 0. The number of hydrogen-bond acceptors (Lipinski definition) is 3. The summed E-state index contributed by atoms with van der Waals surface area (Å²) in [7, 11) is 1.42. The Bertz CT molecular complexity index is 397. The zero-order chi connectivity index (χ0) is 12.8. The summed E-state index contributed by atoms with van der Waals surface area (Å²) in [6.45, 7) is 6.70. The highest BCUT2D eigenvalue weighted by molar-refractivity contribution is 5.69. The van der Waals surface area contributed by atoms with Crippen molar-refractivity contribution in [1.29, 1.82) is 0 Å². The molecule has 1 rings (SSSR count). The zero-order valence-electron chi connectivity index (χ0n) is 11.0. The number of carbonyl (C=O) groups is 1. The first kappa shape index (κ1) is 13.6. The molecule has 1 aromatic carbocycles. The molecule has 0 spiro atoms. The Morgan fingerprint density at radius 1 is 1.24 bits per heavy atom. The lowest BCUT2D eigenvalue weighted by molar-refractivity contribution is -0.140. The fraction of sp³-hybridized carbons (Fsp3) is 0.500. The second-order valence-electron chi connectivity index (χ2n) is 4.05. The quantitative estimate of drug-likeness (QED) is 0.737. The molecule has 0 aromatic heterocycles. The number of aryl methyl sites for hydroxylation is 3. The predicted octanol–water partition coefficient (Wildman–Crippen LogP) is 2.81. The second-order valence-corrected chi connectivity index (χ2v) is 4.05. The van der Waals surface area contributed by atoms with E-state index in [2.05, 4.69) is 10.8 Å². The maximum atomic E-state index is 11.1. The van der Waals surface area contributed by atoms with Gasteiger partial charge in [-0.3, -0.25) is 4.79 Å². The highest BCUT2D eigenvalue weighted by Crippen LogP contribution is 2.23. The summed E-state index contributed by atoms with van der Waals surface area (Å²) >= 11 is 0. The van der Waals surface area contributed by atoms with Crippen molar-refractivity contribution in [1.82, 2.24) is 0 Å². The van der Waals surface area contributed by atoms with Gasteiger partial charge in [0.15, 0.2) is 0 Å². The van der Waals surface area contributed by atoms with E-state index in [1.165, 1.54) is 12.7 Å². The molecule has 1 aromatic rings. The number of ether oxygens (including phenoxy) is 2. The van der Waals surface area contributed by atoms with Gasteiger partial charge in [0.25, 0.3) is 0 Å². The van der Waals surface area contributed by atoms with Crippen LogP contribution in [0.5, 0.6) is 5.75 Å². The molecule has 0 saturated heterocycles. The van der Waals surface area contributed by atoms with Crippen molar-refractivity contribution in [3.05, 3.63) is 28.8 Å². The number of benzene rings is 1. The summed E-state index contributed by atoms with van der Waals surface area (Å²) in [6.07, 6.45) is 1.14. The first-order valence-corrected chi connectivity index (χ1v) is 5.88. The maximum absolute atomic E-state index is 11.1. The van der Waals surface area contributed by atoms with E-state index in [9.17, 15) is 4.79 Å². The van der Waals surface area contributed by atoms with Gasteiger partial charge in [0.1, 0.15) is 5.75 Å². The average Bonchev–Trinajstić information content (AvgIpc) is 2.31. The van der Waals surface area contributed by atoms with Gasteiger partial charge in [0.2, 0.25) is 0 Å². The molecule has 0 unspecified atom stereocenters. The van der Waals surface area contributed by atoms with E-state index in [4.69, 9.17) is 4.74 Å². The Kier molecular flexibility index (Phi) is 5.01. The first-order valence-electron chi connectivity index (χ1n) is 5.88. The fourth-order valence-electron chi connectivity index (χ4n) is 1.77. The van der Waals surface area contributed by atoms with Crippen LogP contribution in [0.2, 0.25) is 0 Å². The van der Waals surface area contributed by atoms with E-state index in [0.29, 0.717) is 19.4 Å². The van der Waals surface area contributed by atoms with Crippen molar-refractivity contribution >= 4 is 5.97 Å². The van der Waals surface area contributed by atoms with E-state index < -0.39 is 0 Å². The number of esters is 1. The van der Waals surface area contributed by atoms with Crippen LogP contribution in [0, 0.1) is 13.8 Å². The average molecular weight is 236 g/mol. The molecular formula is C14H20O3. The van der Waals surface area contributed by atoms with Crippen LogP contribution in [0.25, 0.3) is 0 Å². The molecular weight excluding hydrogens is 216 g/mol. The van der Waals surface area contributed by atoms with Gasteiger partial charge in [-0.25, -0.2) is 0 Å². The van der Waals surface area contributed by atoms with Gasteiger partial charge in [0, 0.05) is 6.42 Å². The molecule has 0 aliphatic heterocycles. The van der Waals surface area contributed by atoms with Gasteiger partial charge < -0.3 is 9.47 Å². The highest BCUT2D eigenvalue weighted by atomic mass is 16.5. The molecule has 17 heavy (non-hydrogen) atoms. The Labute approximate surface area is 103 Å². The van der Waals surface area contributed by atoms with Crippen molar-refractivity contribution in [2.24, 2.45) is 0 Å². The summed E-state index contributed by atoms with van der Waals surface area (Å²) < 4.78 is 10.2.